The van der Waals surface area contributed by atoms with E-state index in [1.54, 1.807) is 6.08 Å². The van der Waals surface area contributed by atoms with Gasteiger partial charge in [0.15, 0.2) is 6.29 Å². The number of nitrogens with one attached hydrogen (secondary N) is 1. The first-order chi connectivity index (χ1) is 27.9. The number of aliphatic hydroxyl groups is 5. The molecule has 14 heteroatoms. The van der Waals surface area contributed by atoms with Crippen LogP contribution in [0.2, 0.25) is 0 Å². The summed E-state index contributed by atoms with van der Waals surface area (Å²) < 4.78 is 47.4. The van der Waals surface area contributed by atoms with E-state index in [2.05, 4.69) is 59.8 Å². The van der Waals surface area contributed by atoms with Gasteiger partial charge in [-0.25, -0.2) is 4.18 Å². The molecule has 1 aliphatic rings. The van der Waals surface area contributed by atoms with Gasteiger partial charge in [-0.05, 0) is 70.6 Å². The van der Waals surface area contributed by atoms with Gasteiger partial charge in [-0.3, -0.25) is 9.35 Å². The molecular formula is C44H79NO12S. The largest absolute Gasteiger partial charge is 0.397 e. The maximum atomic E-state index is 13.1. The smallest absolute Gasteiger partial charge is 0.394 e. The van der Waals surface area contributed by atoms with Crippen molar-refractivity contribution < 1.29 is 57.0 Å². The molecule has 1 saturated heterocycles. The molecule has 0 aromatic carbocycles. The molecule has 0 aliphatic carbocycles. The number of aliphatic hydroxyl groups excluding tert-OH is 5. The van der Waals surface area contributed by atoms with Crippen LogP contribution in [0.5, 0.6) is 0 Å². The minimum atomic E-state index is -5.12. The minimum Gasteiger partial charge on any atom is -0.394 e. The van der Waals surface area contributed by atoms with Gasteiger partial charge in [0.2, 0.25) is 5.91 Å². The second-order valence-electron chi connectivity index (χ2n) is 15.4. The van der Waals surface area contributed by atoms with Crippen molar-refractivity contribution in [2.24, 2.45) is 0 Å². The van der Waals surface area contributed by atoms with Crippen LogP contribution in [0.4, 0.5) is 0 Å². The van der Waals surface area contributed by atoms with Crippen molar-refractivity contribution >= 4 is 16.3 Å². The Hall–Kier alpha value is -1.98. The monoisotopic (exact) mass is 846 g/mol. The summed E-state index contributed by atoms with van der Waals surface area (Å²) in [6, 6.07) is -1.14. The van der Waals surface area contributed by atoms with Gasteiger partial charge in [0.1, 0.15) is 30.5 Å². The third-order valence-corrected chi connectivity index (χ3v) is 10.6. The van der Waals surface area contributed by atoms with Crippen molar-refractivity contribution in [3.63, 3.8) is 0 Å². The molecule has 8 atom stereocenters. The Bertz CT molecular complexity index is 1240. The van der Waals surface area contributed by atoms with Gasteiger partial charge in [0.05, 0.1) is 25.4 Å². The SMILES string of the molecule is CCCCCC/C=C\CCCCCCCCC(O)C(=O)NC(COC1OC(CO)C(O)C(OS(=O)(=O)O)C1O)C(O)/C=C/CC/C=C/CC/C=C/CCCCCCC. The number of carbonyl (C=O) groups excluding carboxylic acids is 1. The average Bonchev–Trinajstić information content (AvgIpc) is 3.19. The molecule has 7 N–H and O–H groups in total. The van der Waals surface area contributed by atoms with Crippen LogP contribution in [0.25, 0.3) is 0 Å². The normalized spacial score (nSPS) is 22.1. The highest BCUT2D eigenvalue weighted by molar-refractivity contribution is 7.80. The maximum Gasteiger partial charge on any atom is 0.397 e. The highest BCUT2D eigenvalue weighted by Gasteiger charge is 2.48. The van der Waals surface area contributed by atoms with Crippen molar-refractivity contribution in [1.29, 1.82) is 0 Å². The zero-order chi connectivity index (χ0) is 42.9. The predicted octanol–water partition coefficient (Wildman–Crippen LogP) is 7.07. The lowest BCUT2D eigenvalue weighted by Gasteiger charge is -2.41. The highest BCUT2D eigenvalue weighted by atomic mass is 32.3. The quantitative estimate of drug-likeness (QED) is 0.0192. The molecule has 1 amide bonds. The van der Waals surface area contributed by atoms with Gasteiger partial charge in [-0.1, -0.05) is 140 Å². The number of amides is 1. The van der Waals surface area contributed by atoms with Gasteiger partial charge < -0.3 is 40.3 Å². The average molecular weight is 846 g/mol. The van der Waals surface area contributed by atoms with Crippen molar-refractivity contribution in [1.82, 2.24) is 5.32 Å². The molecule has 13 nitrogen and oxygen atoms in total. The van der Waals surface area contributed by atoms with Gasteiger partial charge >= 0.3 is 10.4 Å². The van der Waals surface area contributed by atoms with E-state index in [-0.39, 0.29) is 6.42 Å². The minimum absolute atomic E-state index is 0.225. The summed E-state index contributed by atoms with van der Waals surface area (Å²) in [5, 5.41) is 55.0. The lowest BCUT2D eigenvalue weighted by molar-refractivity contribution is -0.298. The number of rotatable bonds is 36. The number of allylic oxidation sites excluding steroid dienone is 7. The molecule has 1 rings (SSSR count). The summed E-state index contributed by atoms with van der Waals surface area (Å²) in [6.45, 7) is 3.14. The Balaban J connectivity index is 2.68. The molecule has 0 aromatic heterocycles. The van der Waals surface area contributed by atoms with E-state index >= 15 is 0 Å². The summed E-state index contributed by atoms with van der Waals surface area (Å²) >= 11 is 0. The fourth-order valence-electron chi connectivity index (χ4n) is 6.60. The fourth-order valence-corrected chi connectivity index (χ4v) is 7.11. The van der Waals surface area contributed by atoms with E-state index < -0.39 is 78.5 Å². The molecule has 338 valence electrons. The van der Waals surface area contributed by atoms with Gasteiger partial charge in [-0.15, -0.1) is 0 Å². The first-order valence-corrected chi connectivity index (χ1v) is 23.5. The van der Waals surface area contributed by atoms with Crippen LogP contribution >= 0.6 is 0 Å². The molecule has 1 fully saturated rings. The lowest BCUT2D eigenvalue weighted by atomic mass is 9.99. The fraction of sp³-hybridized carbons (Fsp3) is 0.795. The van der Waals surface area contributed by atoms with E-state index in [1.807, 2.05) is 0 Å². The Morgan fingerprint density at radius 1 is 0.690 bits per heavy atom. The number of hydrogen-bond donors (Lipinski definition) is 7. The molecule has 0 bridgehead atoms. The van der Waals surface area contributed by atoms with E-state index in [0.717, 1.165) is 70.6 Å². The topological polar surface area (TPSA) is 212 Å². The second-order valence-corrected chi connectivity index (χ2v) is 16.4. The Kier molecular flexibility index (Phi) is 32.3. The summed E-state index contributed by atoms with van der Waals surface area (Å²) in [5.41, 5.74) is 0. The first kappa shape index (κ1) is 54.0. The highest BCUT2D eigenvalue weighted by Crippen LogP contribution is 2.26. The summed E-state index contributed by atoms with van der Waals surface area (Å²) in [6.07, 6.45) is 29.1. The molecule has 0 saturated carbocycles. The molecule has 0 aromatic rings. The van der Waals surface area contributed by atoms with Crippen LogP contribution in [0.1, 0.15) is 162 Å². The van der Waals surface area contributed by atoms with E-state index in [0.29, 0.717) is 12.8 Å². The van der Waals surface area contributed by atoms with Gasteiger partial charge in [0.25, 0.3) is 0 Å². The summed E-state index contributed by atoms with van der Waals surface area (Å²) in [5.74, 6) is -0.725. The van der Waals surface area contributed by atoms with Crippen molar-refractivity contribution in [3.8, 4) is 0 Å². The maximum absolute atomic E-state index is 13.1. The van der Waals surface area contributed by atoms with Crippen molar-refractivity contribution in [2.75, 3.05) is 13.2 Å². The summed E-state index contributed by atoms with van der Waals surface area (Å²) in [4.78, 5) is 13.1. The molecule has 8 unspecified atom stereocenters. The molecule has 58 heavy (non-hydrogen) atoms. The number of carbonyl (C=O) groups is 1. The molecule has 0 spiro atoms. The third-order valence-electron chi connectivity index (χ3n) is 10.2. The number of ether oxygens (including phenoxy) is 2. The van der Waals surface area contributed by atoms with E-state index in [4.69, 9.17) is 14.0 Å². The first-order valence-electron chi connectivity index (χ1n) is 22.1. The van der Waals surface area contributed by atoms with Gasteiger partial charge in [-0.2, -0.15) is 8.42 Å². The Morgan fingerprint density at radius 2 is 1.16 bits per heavy atom. The van der Waals surface area contributed by atoms with Crippen LogP contribution in [0.3, 0.4) is 0 Å². The second kappa shape index (κ2) is 34.7. The molecular weight excluding hydrogens is 767 g/mol. The zero-order valence-corrected chi connectivity index (χ0v) is 36.3. The predicted molar refractivity (Wildman–Crippen MR) is 228 cm³/mol. The van der Waals surface area contributed by atoms with E-state index in [9.17, 15) is 38.7 Å². The van der Waals surface area contributed by atoms with Crippen LogP contribution in [0, 0.1) is 0 Å². The van der Waals surface area contributed by atoms with Crippen LogP contribution in [0.15, 0.2) is 48.6 Å². The molecule has 0 radical (unpaired) electrons. The Labute approximate surface area is 350 Å². The van der Waals surface area contributed by atoms with E-state index in [1.165, 1.54) is 63.9 Å². The van der Waals surface area contributed by atoms with Crippen LogP contribution in [-0.4, -0.2) is 107 Å². The van der Waals surface area contributed by atoms with Crippen LogP contribution < -0.4 is 5.32 Å². The number of unbranched alkanes of at least 4 members (excludes halogenated alkanes) is 17. The van der Waals surface area contributed by atoms with Crippen molar-refractivity contribution in [3.05, 3.63) is 48.6 Å². The molecule has 1 heterocycles. The zero-order valence-electron chi connectivity index (χ0n) is 35.5. The van der Waals surface area contributed by atoms with Crippen LogP contribution in [-0.2, 0) is 28.9 Å². The number of hydrogen-bond acceptors (Lipinski definition) is 11. The Morgan fingerprint density at radius 3 is 1.67 bits per heavy atom. The van der Waals surface area contributed by atoms with Crippen molar-refractivity contribution in [2.45, 2.75) is 210 Å². The summed E-state index contributed by atoms with van der Waals surface area (Å²) in [7, 11) is -5.12. The van der Waals surface area contributed by atoms with Gasteiger partial charge in [0, 0.05) is 0 Å². The molecule has 1 aliphatic heterocycles. The third kappa shape index (κ3) is 27.0. The lowest BCUT2D eigenvalue weighted by Crippen LogP contribution is -2.61. The standard InChI is InChI=1S/C44H79NO12S/c1-3-5-7-9-11-13-15-17-19-21-22-24-26-28-30-32-37(47)36(35-55-44-41(50)42(57-58(52,53)54)40(49)39(34-46)56-44)45-43(51)38(48)33-31-29-27-25-23-20-18-16-14-12-10-8-6-4-2/h14-17,22,24,30,32,36-42,44,46-50H,3-13,18-21,23,25-29,31,33-35H2,1-2H3,(H,45,51)(H,52,53,54)/b16-14-,17-15+,24-22+,32-30+.